The number of para-hydroxylation sites is 1. The number of aliphatic imine (C=N–C) groups is 1. The zero-order valence-corrected chi connectivity index (χ0v) is 14.7. The summed E-state index contributed by atoms with van der Waals surface area (Å²) in [6, 6.07) is 8.21. The van der Waals surface area contributed by atoms with Crippen LogP contribution in [0, 0.1) is 5.92 Å². The number of benzene rings is 1. The van der Waals surface area contributed by atoms with Gasteiger partial charge in [-0.15, -0.1) is 0 Å². The minimum Gasteiger partial charge on any atom is -0.481 e. The average Bonchev–Trinajstić information content (AvgIpc) is 2.94. The van der Waals surface area contributed by atoms with Gasteiger partial charge in [-0.05, 0) is 18.4 Å². The highest BCUT2D eigenvalue weighted by molar-refractivity contribution is 6.67. The van der Waals surface area contributed by atoms with Gasteiger partial charge < -0.3 is 14.6 Å². The summed E-state index contributed by atoms with van der Waals surface area (Å²) >= 11 is 6.52. The number of fused-ring (bicyclic) bond motifs is 1. The Morgan fingerprint density at radius 2 is 2.09 bits per heavy atom. The number of aromatic amines is 1. The van der Waals surface area contributed by atoms with Crippen molar-refractivity contribution in [3.63, 3.8) is 0 Å². The van der Waals surface area contributed by atoms with E-state index in [9.17, 15) is 0 Å². The van der Waals surface area contributed by atoms with Crippen molar-refractivity contribution >= 4 is 33.4 Å². The van der Waals surface area contributed by atoms with Crippen LogP contribution in [0.15, 0.2) is 41.3 Å². The van der Waals surface area contributed by atoms with Crippen molar-refractivity contribution in [2.45, 2.75) is 26.3 Å². The van der Waals surface area contributed by atoms with Crippen LogP contribution in [0.3, 0.4) is 0 Å². The van der Waals surface area contributed by atoms with Gasteiger partial charge in [0.05, 0.1) is 13.2 Å². The molecule has 0 fully saturated rings. The van der Waals surface area contributed by atoms with Crippen molar-refractivity contribution in [1.82, 2.24) is 9.88 Å². The standard InChI is InChI=1S/C18H22ClN3O/c1-11(2)9-15-17(19)21-16(18(23-4)22(15)3)13-10-20-14-8-6-5-7-12(13)14/h5-8,10-11,15,20H,9H2,1-4H3. The Hall–Kier alpha value is -1.94. The summed E-state index contributed by atoms with van der Waals surface area (Å²) in [7, 11) is 3.69. The SMILES string of the molecule is COC1=C(c2c[nH]c3ccccc23)N=C(Cl)C(CC(C)C)N1C. The summed E-state index contributed by atoms with van der Waals surface area (Å²) in [5, 5.41) is 1.73. The van der Waals surface area contributed by atoms with Gasteiger partial charge in [-0.3, -0.25) is 0 Å². The first-order chi connectivity index (χ1) is 11.0. The van der Waals surface area contributed by atoms with Crippen LogP contribution < -0.4 is 0 Å². The minimum absolute atomic E-state index is 0.0561. The molecule has 1 aliphatic heterocycles. The van der Waals surface area contributed by atoms with Crippen LogP contribution in [0.1, 0.15) is 25.8 Å². The number of ether oxygens (including phenoxy) is 1. The topological polar surface area (TPSA) is 40.6 Å². The molecule has 2 aromatic rings. The summed E-state index contributed by atoms with van der Waals surface area (Å²) in [5.41, 5.74) is 2.85. The van der Waals surface area contributed by atoms with E-state index in [-0.39, 0.29) is 6.04 Å². The molecule has 0 radical (unpaired) electrons. The molecule has 0 saturated heterocycles. The Morgan fingerprint density at radius 1 is 1.35 bits per heavy atom. The highest BCUT2D eigenvalue weighted by atomic mass is 35.5. The van der Waals surface area contributed by atoms with Crippen LogP contribution in [-0.2, 0) is 4.74 Å². The van der Waals surface area contributed by atoms with Gasteiger partial charge in [-0.2, -0.15) is 0 Å². The van der Waals surface area contributed by atoms with Crippen molar-refractivity contribution in [1.29, 1.82) is 0 Å². The predicted octanol–water partition coefficient (Wildman–Crippen LogP) is 4.44. The predicted molar refractivity (Wildman–Crippen MR) is 96.5 cm³/mol. The third-order valence-corrected chi connectivity index (χ3v) is 4.55. The first-order valence-electron chi connectivity index (χ1n) is 7.84. The molecule has 1 N–H and O–H groups in total. The Balaban J connectivity index is 2.10. The summed E-state index contributed by atoms with van der Waals surface area (Å²) in [6.45, 7) is 4.37. The van der Waals surface area contributed by atoms with E-state index in [1.165, 1.54) is 0 Å². The number of rotatable bonds is 4. The maximum Gasteiger partial charge on any atom is 0.216 e. The first kappa shape index (κ1) is 15.9. The Kier molecular flexibility index (Phi) is 4.35. The van der Waals surface area contributed by atoms with Gasteiger partial charge in [0.1, 0.15) is 10.9 Å². The van der Waals surface area contributed by atoms with E-state index in [1.807, 2.05) is 31.4 Å². The quantitative estimate of drug-likeness (QED) is 0.899. The van der Waals surface area contributed by atoms with E-state index in [2.05, 4.69) is 34.8 Å². The van der Waals surface area contributed by atoms with Gasteiger partial charge in [0.2, 0.25) is 5.88 Å². The van der Waals surface area contributed by atoms with Crippen LogP contribution >= 0.6 is 11.6 Å². The summed E-state index contributed by atoms with van der Waals surface area (Å²) in [5.74, 6) is 1.28. The lowest BCUT2D eigenvalue weighted by atomic mass is 10.0. The van der Waals surface area contributed by atoms with Crippen LogP contribution in [0.5, 0.6) is 0 Å². The largest absolute Gasteiger partial charge is 0.481 e. The molecule has 0 bridgehead atoms. The second-order valence-electron chi connectivity index (χ2n) is 6.30. The lowest BCUT2D eigenvalue weighted by molar-refractivity contribution is 0.152. The van der Waals surface area contributed by atoms with Crippen molar-refractivity contribution in [3.05, 3.63) is 41.9 Å². The van der Waals surface area contributed by atoms with E-state index >= 15 is 0 Å². The highest BCUT2D eigenvalue weighted by Crippen LogP contribution is 2.35. The monoisotopic (exact) mass is 331 g/mol. The van der Waals surface area contributed by atoms with Gasteiger partial charge in [0.25, 0.3) is 0 Å². The molecule has 3 rings (SSSR count). The number of aromatic nitrogens is 1. The van der Waals surface area contributed by atoms with Crippen LogP contribution in [-0.4, -0.2) is 35.3 Å². The molecule has 0 saturated carbocycles. The highest BCUT2D eigenvalue weighted by Gasteiger charge is 2.31. The molecule has 1 aromatic heterocycles. The maximum atomic E-state index is 6.52. The molecule has 1 aromatic carbocycles. The molecule has 1 unspecified atom stereocenters. The molecule has 1 atom stereocenters. The number of halogens is 1. The molecule has 1 aliphatic rings. The van der Waals surface area contributed by atoms with Crippen molar-refractivity contribution in [2.24, 2.45) is 10.9 Å². The lowest BCUT2D eigenvalue weighted by Crippen LogP contribution is -2.40. The molecule has 122 valence electrons. The zero-order valence-electron chi connectivity index (χ0n) is 13.9. The van der Waals surface area contributed by atoms with Gasteiger partial charge in [-0.1, -0.05) is 43.6 Å². The third-order valence-electron chi connectivity index (χ3n) is 4.22. The van der Waals surface area contributed by atoms with Crippen molar-refractivity contribution < 1.29 is 4.74 Å². The Bertz CT molecular complexity index is 775. The number of hydrogen-bond donors (Lipinski definition) is 1. The minimum atomic E-state index is 0.0561. The number of H-pyrrole nitrogens is 1. The van der Waals surface area contributed by atoms with Gasteiger partial charge in [0.15, 0.2) is 0 Å². The summed E-state index contributed by atoms with van der Waals surface area (Å²) in [4.78, 5) is 10.1. The van der Waals surface area contributed by atoms with Gasteiger partial charge >= 0.3 is 0 Å². The second-order valence-corrected chi connectivity index (χ2v) is 6.68. The molecule has 0 spiro atoms. The summed E-state index contributed by atoms with van der Waals surface area (Å²) < 4.78 is 5.67. The fourth-order valence-corrected chi connectivity index (χ4v) is 3.40. The zero-order chi connectivity index (χ0) is 16.6. The van der Waals surface area contributed by atoms with Gasteiger partial charge in [-0.25, -0.2) is 4.99 Å². The van der Waals surface area contributed by atoms with Crippen molar-refractivity contribution in [2.75, 3.05) is 14.2 Å². The smallest absolute Gasteiger partial charge is 0.216 e. The second kappa shape index (κ2) is 6.28. The van der Waals surface area contributed by atoms with E-state index in [1.54, 1.807) is 7.11 Å². The molecular formula is C18H22ClN3O. The average molecular weight is 332 g/mol. The molecule has 5 heteroatoms. The van der Waals surface area contributed by atoms with E-state index in [0.29, 0.717) is 11.1 Å². The van der Waals surface area contributed by atoms with E-state index in [4.69, 9.17) is 16.3 Å². The Labute approximate surface area is 141 Å². The molecular weight excluding hydrogens is 310 g/mol. The van der Waals surface area contributed by atoms with Crippen molar-refractivity contribution in [3.8, 4) is 0 Å². The number of hydrogen-bond acceptors (Lipinski definition) is 3. The fourth-order valence-electron chi connectivity index (χ4n) is 3.08. The molecule has 23 heavy (non-hydrogen) atoms. The first-order valence-corrected chi connectivity index (χ1v) is 8.22. The molecule has 4 nitrogen and oxygen atoms in total. The molecule has 2 heterocycles. The lowest BCUT2D eigenvalue weighted by Gasteiger charge is -2.35. The maximum absolute atomic E-state index is 6.52. The molecule has 0 aliphatic carbocycles. The van der Waals surface area contributed by atoms with Crippen LogP contribution in [0.2, 0.25) is 0 Å². The normalized spacial score (nSPS) is 18.8. The van der Waals surface area contributed by atoms with E-state index in [0.717, 1.165) is 34.5 Å². The summed E-state index contributed by atoms with van der Waals surface area (Å²) in [6.07, 6.45) is 2.90. The fraction of sp³-hybridized carbons (Fsp3) is 0.389. The van der Waals surface area contributed by atoms with Crippen LogP contribution in [0.4, 0.5) is 0 Å². The number of nitrogens with one attached hydrogen (secondary N) is 1. The number of nitrogens with zero attached hydrogens (tertiary/aromatic N) is 2. The third kappa shape index (κ3) is 2.83. The van der Waals surface area contributed by atoms with Crippen LogP contribution in [0.25, 0.3) is 16.6 Å². The molecule has 0 amide bonds. The Morgan fingerprint density at radius 3 is 2.78 bits per heavy atom. The number of methoxy groups -OCH3 is 1. The van der Waals surface area contributed by atoms with E-state index < -0.39 is 0 Å². The van der Waals surface area contributed by atoms with Gasteiger partial charge in [0, 0.05) is 29.7 Å².